The summed E-state index contributed by atoms with van der Waals surface area (Å²) < 4.78 is 10.5. The normalized spacial score (nSPS) is 21.6. The predicted octanol–water partition coefficient (Wildman–Crippen LogP) is 2.86. The lowest BCUT2D eigenvalue weighted by atomic mass is 9.88. The quantitative estimate of drug-likeness (QED) is 0.0335. The van der Waals surface area contributed by atoms with E-state index in [1.165, 1.54) is 24.0 Å². The lowest BCUT2D eigenvalue weighted by Gasteiger charge is -2.35. The SMILES string of the molecule is CCN1CCN(C(=NO)c2ccc(C#C[C@]3(CN4Cc5ccc(OC)cc5C4=O)NC(=O)NC3=O)cc2)CC1.COc1ccc2c(c1)C(=O)N(C[C@@]1(C#Cc3ccc(C(=NO)C4CCN(C)CC4)cc3)NC(=O)NC1=O)C2. The average molecular weight is 1050 g/mol. The van der Waals surface area contributed by atoms with Gasteiger partial charge in [-0.05, 0) is 117 Å². The number of carbonyl (C=O) groups excluding carboxylic acids is 6. The largest absolute Gasteiger partial charge is 0.497 e. The van der Waals surface area contributed by atoms with E-state index < -0.39 is 35.0 Å². The first-order chi connectivity index (χ1) is 37.2. The van der Waals surface area contributed by atoms with Gasteiger partial charge < -0.3 is 55.0 Å². The fourth-order valence-corrected chi connectivity index (χ4v) is 10.2. The zero-order valence-corrected chi connectivity index (χ0v) is 43.1. The van der Waals surface area contributed by atoms with Gasteiger partial charge in [-0.15, -0.1) is 0 Å². The molecule has 6 aliphatic heterocycles. The van der Waals surface area contributed by atoms with Crippen molar-refractivity contribution in [1.29, 1.82) is 0 Å². The number of amidine groups is 1. The van der Waals surface area contributed by atoms with Crippen LogP contribution in [-0.2, 0) is 22.7 Å². The number of piperazine rings is 1. The van der Waals surface area contributed by atoms with Crippen LogP contribution in [0.25, 0.3) is 0 Å². The highest BCUT2D eigenvalue weighted by Gasteiger charge is 2.50. The van der Waals surface area contributed by atoms with Crippen molar-refractivity contribution in [3.05, 3.63) is 129 Å². The molecule has 4 aromatic carbocycles. The number of fused-ring (bicyclic) bond motifs is 2. The van der Waals surface area contributed by atoms with E-state index in [0.717, 1.165) is 80.9 Å². The maximum Gasteiger partial charge on any atom is 0.323 e. The molecule has 6 aliphatic rings. The molecule has 0 unspecified atom stereocenters. The first-order valence-corrected chi connectivity index (χ1v) is 25.2. The van der Waals surface area contributed by atoms with Crippen molar-refractivity contribution in [2.75, 3.05) is 80.2 Å². The molecule has 77 heavy (non-hydrogen) atoms. The van der Waals surface area contributed by atoms with Crippen LogP contribution in [0, 0.1) is 29.6 Å². The molecule has 398 valence electrons. The Morgan fingerprint density at radius 3 is 1.51 bits per heavy atom. The van der Waals surface area contributed by atoms with Crippen LogP contribution in [0.3, 0.4) is 0 Å². The number of methoxy groups -OCH3 is 2. The number of nitrogens with one attached hydrogen (secondary N) is 4. The summed E-state index contributed by atoms with van der Waals surface area (Å²) >= 11 is 0. The molecular weight excluding hydrogens is 987 g/mol. The third-order valence-electron chi connectivity index (χ3n) is 14.7. The number of carbonyl (C=O) groups is 6. The van der Waals surface area contributed by atoms with Crippen LogP contribution in [0.4, 0.5) is 9.59 Å². The Bertz CT molecular complexity index is 3180. The molecular formula is C56H59N11O10. The van der Waals surface area contributed by atoms with Gasteiger partial charge in [-0.2, -0.15) is 0 Å². The Kier molecular flexibility index (Phi) is 15.5. The van der Waals surface area contributed by atoms with Crippen LogP contribution in [-0.4, -0.2) is 173 Å². The maximum atomic E-state index is 13.1. The fourth-order valence-electron chi connectivity index (χ4n) is 10.2. The van der Waals surface area contributed by atoms with Gasteiger partial charge in [0.2, 0.25) is 11.1 Å². The molecule has 21 nitrogen and oxygen atoms in total. The Morgan fingerprint density at radius 2 is 1.10 bits per heavy atom. The number of imide groups is 2. The number of urea groups is 2. The number of rotatable bonds is 10. The lowest BCUT2D eigenvalue weighted by molar-refractivity contribution is -0.123. The van der Waals surface area contributed by atoms with Crippen LogP contribution in [0.2, 0.25) is 0 Å². The highest BCUT2D eigenvalue weighted by molar-refractivity contribution is 6.11. The van der Waals surface area contributed by atoms with E-state index in [1.54, 1.807) is 60.7 Å². The third-order valence-corrected chi connectivity index (χ3v) is 14.7. The van der Waals surface area contributed by atoms with Gasteiger partial charge in [0.05, 0.1) is 33.0 Å². The second-order valence-corrected chi connectivity index (χ2v) is 19.6. The van der Waals surface area contributed by atoms with E-state index in [9.17, 15) is 39.2 Å². The van der Waals surface area contributed by atoms with E-state index in [2.05, 4.69) is 79.0 Å². The van der Waals surface area contributed by atoms with Crippen LogP contribution >= 0.6 is 0 Å². The topological polar surface area (TPSA) is 250 Å². The number of benzene rings is 4. The lowest BCUT2D eigenvalue weighted by Crippen LogP contribution is -2.54. The molecule has 0 radical (unpaired) electrons. The summed E-state index contributed by atoms with van der Waals surface area (Å²) in [5, 5.41) is 36.2. The molecule has 2 atom stereocenters. The minimum Gasteiger partial charge on any atom is -0.497 e. The summed E-state index contributed by atoms with van der Waals surface area (Å²) in [6, 6.07) is 23.6. The van der Waals surface area contributed by atoms with Gasteiger partial charge in [-0.1, -0.05) is 65.2 Å². The molecule has 4 fully saturated rings. The second-order valence-electron chi connectivity index (χ2n) is 19.6. The summed E-state index contributed by atoms with van der Waals surface area (Å²) in [7, 11) is 5.13. The monoisotopic (exact) mass is 1050 g/mol. The average Bonchev–Trinajstić information content (AvgIpc) is 4.12. The molecule has 0 aromatic heterocycles. The summed E-state index contributed by atoms with van der Waals surface area (Å²) in [6.07, 6.45) is 1.83. The fraction of sp³-hybridized carbons (Fsp3) is 0.357. The molecule has 6 heterocycles. The Balaban J connectivity index is 0.000000188. The number of piperidine rings is 1. The van der Waals surface area contributed by atoms with E-state index >= 15 is 0 Å². The Hall–Kier alpha value is -8.92. The van der Waals surface area contributed by atoms with E-state index in [-0.39, 0.29) is 37.4 Å². The number of nitrogens with zero attached hydrogens (tertiary/aromatic N) is 7. The highest BCUT2D eigenvalue weighted by atomic mass is 16.5. The van der Waals surface area contributed by atoms with Gasteiger partial charge in [0, 0.05) is 73.0 Å². The molecule has 0 saturated carbocycles. The Labute approximate surface area is 445 Å². The smallest absolute Gasteiger partial charge is 0.323 e. The number of likely N-dealkylation sites (N-methyl/N-ethyl adjacent to an activating group) is 1. The first-order valence-electron chi connectivity index (χ1n) is 25.2. The van der Waals surface area contributed by atoms with Gasteiger partial charge in [0.15, 0.2) is 5.84 Å². The second kappa shape index (κ2) is 22.5. The molecule has 4 saturated heterocycles. The minimum atomic E-state index is -1.60. The Morgan fingerprint density at radius 1 is 0.636 bits per heavy atom. The van der Waals surface area contributed by atoms with Crippen molar-refractivity contribution >= 4 is 47.2 Å². The molecule has 6 N–H and O–H groups in total. The number of likely N-dealkylation sites (tertiary alicyclic amines) is 1. The molecule has 21 heteroatoms. The van der Waals surface area contributed by atoms with E-state index in [1.807, 2.05) is 29.2 Å². The van der Waals surface area contributed by atoms with Crippen LogP contribution < -0.4 is 30.7 Å². The van der Waals surface area contributed by atoms with Gasteiger partial charge in [0.25, 0.3) is 23.6 Å². The van der Waals surface area contributed by atoms with Gasteiger partial charge in [-0.3, -0.25) is 29.8 Å². The zero-order valence-electron chi connectivity index (χ0n) is 43.1. The van der Waals surface area contributed by atoms with Gasteiger partial charge in [0.1, 0.15) is 11.5 Å². The summed E-state index contributed by atoms with van der Waals surface area (Å²) in [6.45, 7) is 8.67. The molecule has 0 bridgehead atoms. The standard InChI is InChI=1S/C28H30N6O5.C28H29N5O5/c1-3-32-12-14-33(15-13-32)24(31-38)20-6-4-19(5-7-20)10-11-28(26(36)29-27(37)30-28)18-34-17-21-8-9-22(39-2)16-23(21)25(34)35;1-32-13-10-20(11-14-32)24(31-37)19-5-3-18(4-6-19)9-12-28(26(35)29-27(36)30-28)17-33-16-21-7-8-22(38-2)15-23(21)25(33)34/h4-9,16,38H,3,12-15,17-18H2,1-2H3,(H2,29,30,36,37);3-8,15,20,37H,10-11,13-14,16-17H2,1-2H3,(H2,29,30,35,36)/t2*28-/m11/s1. The maximum absolute atomic E-state index is 13.1. The predicted molar refractivity (Wildman–Crippen MR) is 281 cm³/mol. The van der Waals surface area contributed by atoms with Crippen molar-refractivity contribution in [1.82, 2.24) is 45.8 Å². The third kappa shape index (κ3) is 11.2. The van der Waals surface area contributed by atoms with Crippen molar-refractivity contribution in [3.63, 3.8) is 0 Å². The number of amides is 8. The summed E-state index contributed by atoms with van der Waals surface area (Å²) in [5.74, 6) is 11.9. The van der Waals surface area contributed by atoms with Crippen molar-refractivity contribution in [2.24, 2.45) is 16.2 Å². The number of hydrogen-bond donors (Lipinski definition) is 6. The van der Waals surface area contributed by atoms with Gasteiger partial charge in [-0.25, -0.2) is 9.59 Å². The van der Waals surface area contributed by atoms with E-state index in [0.29, 0.717) is 51.8 Å². The zero-order chi connectivity index (χ0) is 54.4. The van der Waals surface area contributed by atoms with Crippen LogP contribution in [0.15, 0.2) is 95.2 Å². The number of ether oxygens (including phenoxy) is 2. The number of hydrogen-bond acceptors (Lipinski definition) is 14. The van der Waals surface area contributed by atoms with Crippen molar-refractivity contribution in [3.8, 4) is 35.2 Å². The summed E-state index contributed by atoms with van der Waals surface area (Å²) in [5.41, 5.74) is 2.83. The summed E-state index contributed by atoms with van der Waals surface area (Å²) in [4.78, 5) is 85.8. The van der Waals surface area contributed by atoms with Crippen molar-refractivity contribution < 1.29 is 48.7 Å². The molecule has 0 aliphatic carbocycles. The highest BCUT2D eigenvalue weighted by Crippen LogP contribution is 2.31. The van der Waals surface area contributed by atoms with Crippen molar-refractivity contribution in [2.45, 2.75) is 43.9 Å². The molecule has 8 amide bonds. The van der Waals surface area contributed by atoms with Gasteiger partial charge >= 0.3 is 12.1 Å². The van der Waals surface area contributed by atoms with E-state index in [4.69, 9.17) is 9.47 Å². The molecule has 0 spiro atoms. The molecule has 10 rings (SSSR count). The minimum absolute atomic E-state index is 0.108. The first kappa shape index (κ1) is 52.9. The number of oxime groups is 2. The van der Waals surface area contributed by atoms with Crippen LogP contribution in [0.5, 0.6) is 11.5 Å². The molecule has 4 aromatic rings. The van der Waals surface area contributed by atoms with Crippen LogP contribution in [0.1, 0.15) is 73.9 Å².